The van der Waals surface area contributed by atoms with Crippen LogP contribution in [0.25, 0.3) is 0 Å². The summed E-state index contributed by atoms with van der Waals surface area (Å²) in [7, 11) is 0. The summed E-state index contributed by atoms with van der Waals surface area (Å²) in [6.07, 6.45) is 0. The number of carbonyl (C=O) groups is 2. The average Bonchev–Trinajstić information content (AvgIpc) is 2.41. The van der Waals surface area contributed by atoms with Crippen molar-refractivity contribution in [3.05, 3.63) is 53.6 Å². The number of rotatable bonds is 3. The van der Waals surface area contributed by atoms with E-state index >= 15 is 0 Å². The Balaban J connectivity index is 2.08. The summed E-state index contributed by atoms with van der Waals surface area (Å²) in [5.41, 5.74) is 7.98. The Kier molecular flexibility index (Phi) is 4.08. The third kappa shape index (κ3) is 3.50. The number of aryl methyl sites for hydroxylation is 1. The Hall–Kier alpha value is -3.02. The Labute approximate surface area is 121 Å². The Morgan fingerprint density at radius 1 is 1.10 bits per heavy atom. The van der Waals surface area contributed by atoms with Gasteiger partial charge >= 0.3 is 12.0 Å². The second-order valence-corrected chi connectivity index (χ2v) is 4.50. The molecule has 0 atom stereocenters. The minimum Gasteiger partial charge on any atom is -0.478 e. The maximum atomic E-state index is 11.9. The molecule has 0 aromatic heterocycles. The van der Waals surface area contributed by atoms with E-state index in [0.717, 1.165) is 0 Å². The van der Waals surface area contributed by atoms with E-state index in [4.69, 9.17) is 10.8 Å². The molecular weight excluding hydrogens is 270 g/mol. The van der Waals surface area contributed by atoms with Crippen LogP contribution in [0.2, 0.25) is 0 Å². The van der Waals surface area contributed by atoms with Crippen molar-refractivity contribution in [1.29, 1.82) is 0 Å². The summed E-state index contributed by atoms with van der Waals surface area (Å²) in [4.78, 5) is 22.8. The number of para-hydroxylation sites is 2. The van der Waals surface area contributed by atoms with Gasteiger partial charge in [0.05, 0.1) is 16.9 Å². The van der Waals surface area contributed by atoms with E-state index in [1.165, 1.54) is 12.1 Å². The van der Waals surface area contributed by atoms with Gasteiger partial charge in [-0.3, -0.25) is 0 Å². The lowest BCUT2D eigenvalue weighted by Gasteiger charge is -2.10. The SMILES string of the molecule is Cc1cc(NC(=O)Nc2ccccc2N)ccc1C(=O)O. The lowest BCUT2D eigenvalue weighted by Crippen LogP contribution is -2.20. The van der Waals surface area contributed by atoms with Crippen molar-refractivity contribution in [3.8, 4) is 0 Å². The first kappa shape index (κ1) is 14.4. The molecule has 0 radical (unpaired) electrons. The van der Waals surface area contributed by atoms with Gasteiger partial charge in [-0.25, -0.2) is 9.59 Å². The van der Waals surface area contributed by atoms with Gasteiger partial charge in [-0.1, -0.05) is 12.1 Å². The zero-order valence-corrected chi connectivity index (χ0v) is 11.4. The van der Waals surface area contributed by atoms with Crippen molar-refractivity contribution in [2.75, 3.05) is 16.4 Å². The predicted molar refractivity (Wildman–Crippen MR) is 81.6 cm³/mol. The predicted octanol–water partition coefficient (Wildman–Crippen LogP) is 2.92. The highest BCUT2D eigenvalue weighted by atomic mass is 16.4. The first-order valence-electron chi connectivity index (χ1n) is 6.24. The van der Waals surface area contributed by atoms with E-state index in [1.807, 2.05) is 0 Å². The van der Waals surface area contributed by atoms with E-state index in [1.54, 1.807) is 37.3 Å². The van der Waals surface area contributed by atoms with E-state index in [2.05, 4.69) is 10.6 Å². The average molecular weight is 285 g/mol. The number of carboxylic acids is 1. The fourth-order valence-corrected chi connectivity index (χ4v) is 1.88. The van der Waals surface area contributed by atoms with Gasteiger partial charge in [-0.15, -0.1) is 0 Å². The summed E-state index contributed by atoms with van der Waals surface area (Å²) in [6, 6.07) is 11.0. The molecule has 0 saturated heterocycles. The van der Waals surface area contributed by atoms with Crippen LogP contribution in [0, 0.1) is 6.92 Å². The summed E-state index contributed by atoms with van der Waals surface area (Å²) >= 11 is 0. The Morgan fingerprint density at radius 3 is 2.43 bits per heavy atom. The summed E-state index contributed by atoms with van der Waals surface area (Å²) < 4.78 is 0. The number of amides is 2. The van der Waals surface area contributed by atoms with Gasteiger partial charge < -0.3 is 21.5 Å². The minimum atomic E-state index is -0.999. The fraction of sp³-hybridized carbons (Fsp3) is 0.0667. The van der Waals surface area contributed by atoms with Gasteiger partial charge in [-0.2, -0.15) is 0 Å². The monoisotopic (exact) mass is 285 g/mol. The molecule has 6 nitrogen and oxygen atoms in total. The largest absolute Gasteiger partial charge is 0.478 e. The molecule has 21 heavy (non-hydrogen) atoms. The van der Waals surface area contributed by atoms with Crippen LogP contribution in [0.4, 0.5) is 21.9 Å². The molecule has 0 bridgehead atoms. The van der Waals surface area contributed by atoms with Gasteiger partial charge in [0.1, 0.15) is 0 Å². The molecular formula is C15H15N3O3. The first-order chi connectivity index (χ1) is 9.97. The van der Waals surface area contributed by atoms with E-state index in [-0.39, 0.29) is 5.56 Å². The summed E-state index contributed by atoms with van der Waals surface area (Å²) in [5.74, 6) is -0.999. The Bertz CT molecular complexity index is 698. The van der Waals surface area contributed by atoms with Crippen molar-refractivity contribution in [1.82, 2.24) is 0 Å². The van der Waals surface area contributed by atoms with E-state index in [0.29, 0.717) is 22.6 Å². The number of nitrogen functional groups attached to an aromatic ring is 1. The minimum absolute atomic E-state index is 0.202. The molecule has 0 aliphatic carbocycles. The van der Waals surface area contributed by atoms with Crippen LogP contribution in [0.1, 0.15) is 15.9 Å². The highest BCUT2D eigenvalue weighted by Crippen LogP contribution is 2.18. The van der Waals surface area contributed by atoms with Crippen molar-refractivity contribution in [2.24, 2.45) is 0 Å². The second-order valence-electron chi connectivity index (χ2n) is 4.50. The standard InChI is InChI=1S/C15H15N3O3/c1-9-8-10(6-7-11(9)14(19)20)17-15(21)18-13-5-3-2-4-12(13)16/h2-8H,16H2,1H3,(H,19,20)(H2,17,18,21). The van der Waals surface area contributed by atoms with Crippen LogP contribution < -0.4 is 16.4 Å². The quantitative estimate of drug-likeness (QED) is 0.651. The molecule has 2 aromatic rings. The van der Waals surface area contributed by atoms with Crippen molar-refractivity contribution in [2.45, 2.75) is 6.92 Å². The maximum absolute atomic E-state index is 11.9. The topological polar surface area (TPSA) is 104 Å². The highest BCUT2D eigenvalue weighted by molar-refractivity contribution is 6.02. The van der Waals surface area contributed by atoms with Crippen LogP contribution in [0.15, 0.2) is 42.5 Å². The normalized spacial score (nSPS) is 9.95. The number of carbonyl (C=O) groups excluding carboxylic acids is 1. The van der Waals surface area contributed by atoms with Crippen molar-refractivity contribution < 1.29 is 14.7 Å². The van der Waals surface area contributed by atoms with Crippen molar-refractivity contribution in [3.63, 3.8) is 0 Å². The number of carboxylic acid groups (broad SMARTS) is 1. The second kappa shape index (κ2) is 5.96. The summed E-state index contributed by atoms with van der Waals surface area (Å²) in [5, 5.41) is 14.2. The summed E-state index contributed by atoms with van der Waals surface area (Å²) in [6.45, 7) is 1.67. The first-order valence-corrected chi connectivity index (χ1v) is 6.24. The van der Waals surface area contributed by atoms with Crippen LogP contribution in [-0.2, 0) is 0 Å². The van der Waals surface area contributed by atoms with Crippen LogP contribution in [0.5, 0.6) is 0 Å². The van der Waals surface area contributed by atoms with Gasteiger partial charge in [0, 0.05) is 5.69 Å². The van der Waals surface area contributed by atoms with Crippen LogP contribution in [-0.4, -0.2) is 17.1 Å². The highest BCUT2D eigenvalue weighted by Gasteiger charge is 2.09. The fourth-order valence-electron chi connectivity index (χ4n) is 1.88. The molecule has 108 valence electrons. The van der Waals surface area contributed by atoms with Crippen LogP contribution in [0.3, 0.4) is 0 Å². The molecule has 6 heteroatoms. The lowest BCUT2D eigenvalue weighted by molar-refractivity contribution is 0.0696. The van der Waals surface area contributed by atoms with Gasteiger partial charge in [0.2, 0.25) is 0 Å². The molecule has 0 saturated carbocycles. The number of nitrogens with one attached hydrogen (secondary N) is 2. The smallest absolute Gasteiger partial charge is 0.335 e. The molecule has 0 spiro atoms. The number of hydrogen-bond donors (Lipinski definition) is 4. The number of nitrogens with two attached hydrogens (primary N) is 1. The third-order valence-corrected chi connectivity index (χ3v) is 2.92. The molecule has 0 unspecified atom stereocenters. The molecule has 5 N–H and O–H groups in total. The molecule has 2 amide bonds. The number of aromatic carboxylic acids is 1. The number of anilines is 3. The van der Waals surface area contributed by atoms with Gasteiger partial charge in [-0.05, 0) is 42.8 Å². The lowest BCUT2D eigenvalue weighted by atomic mass is 10.1. The number of hydrogen-bond acceptors (Lipinski definition) is 3. The number of urea groups is 1. The molecule has 2 rings (SSSR count). The molecule has 2 aromatic carbocycles. The Morgan fingerprint density at radius 2 is 1.81 bits per heavy atom. The van der Waals surface area contributed by atoms with Gasteiger partial charge in [0.15, 0.2) is 0 Å². The zero-order valence-electron chi connectivity index (χ0n) is 11.4. The van der Waals surface area contributed by atoms with E-state index < -0.39 is 12.0 Å². The number of benzene rings is 2. The molecule has 0 aliphatic rings. The maximum Gasteiger partial charge on any atom is 0.335 e. The van der Waals surface area contributed by atoms with Crippen LogP contribution >= 0.6 is 0 Å². The van der Waals surface area contributed by atoms with E-state index in [9.17, 15) is 9.59 Å². The molecule has 0 heterocycles. The zero-order chi connectivity index (χ0) is 15.4. The molecule has 0 fully saturated rings. The third-order valence-electron chi connectivity index (χ3n) is 2.92. The van der Waals surface area contributed by atoms with Gasteiger partial charge in [0.25, 0.3) is 0 Å². The molecule has 0 aliphatic heterocycles. The van der Waals surface area contributed by atoms with Crippen molar-refractivity contribution >= 4 is 29.1 Å².